The molecule has 0 bridgehead atoms. The number of fused-ring (bicyclic) bond motifs is 10. The molecule has 12 rings (SSSR count). The van der Waals surface area contributed by atoms with Crippen molar-refractivity contribution in [1.29, 1.82) is 0 Å². The Bertz CT molecular complexity index is 3270. The van der Waals surface area contributed by atoms with Crippen molar-refractivity contribution in [3.05, 3.63) is 175 Å². The second kappa shape index (κ2) is 11.8. The Morgan fingerprint density at radius 2 is 1.22 bits per heavy atom. The first-order chi connectivity index (χ1) is 27.2. The topological polar surface area (TPSA) is 52.8 Å². The van der Waals surface area contributed by atoms with Crippen LogP contribution in [0.25, 0.3) is 92.6 Å². The number of ether oxygens (including phenoxy) is 1. The van der Waals surface area contributed by atoms with Gasteiger partial charge in [-0.3, -0.25) is 0 Å². The van der Waals surface area contributed by atoms with Gasteiger partial charge in [-0.15, -0.1) is 11.3 Å². The lowest BCUT2D eigenvalue weighted by Crippen LogP contribution is -2.16. The molecule has 3 aromatic heterocycles. The molecule has 55 heavy (non-hydrogen) atoms. The third-order valence-electron chi connectivity index (χ3n) is 11.2. The highest BCUT2D eigenvalue weighted by molar-refractivity contribution is 7.25. The average molecular weight is 723 g/mol. The van der Waals surface area contributed by atoms with Crippen LogP contribution in [0.15, 0.2) is 170 Å². The van der Waals surface area contributed by atoms with E-state index in [1.165, 1.54) is 41.7 Å². The summed E-state index contributed by atoms with van der Waals surface area (Å²) in [5, 5.41) is 7.25. The summed E-state index contributed by atoms with van der Waals surface area (Å²) in [5.41, 5.74) is 7.17. The summed E-state index contributed by atoms with van der Waals surface area (Å²) in [6.45, 7) is 0. The Hall–Kier alpha value is -6.89. The number of aromatic nitrogens is 4. The van der Waals surface area contributed by atoms with E-state index in [-0.39, 0.29) is 12.0 Å². The number of allylic oxidation sites excluding steroid dienone is 2. The molecule has 258 valence electrons. The van der Waals surface area contributed by atoms with Crippen molar-refractivity contribution < 1.29 is 4.74 Å². The van der Waals surface area contributed by atoms with Crippen LogP contribution >= 0.6 is 11.3 Å². The van der Waals surface area contributed by atoms with Crippen molar-refractivity contribution in [1.82, 2.24) is 19.5 Å². The summed E-state index contributed by atoms with van der Waals surface area (Å²) in [4.78, 5) is 16.0. The Labute approximate surface area is 320 Å². The molecule has 2 atom stereocenters. The fourth-order valence-corrected chi connectivity index (χ4v) is 9.75. The molecule has 0 N–H and O–H groups in total. The van der Waals surface area contributed by atoms with E-state index < -0.39 is 0 Å². The molecule has 7 aromatic carbocycles. The van der Waals surface area contributed by atoms with Crippen LogP contribution in [0.5, 0.6) is 5.75 Å². The fraction of sp³-hybridized carbons (Fsp3) is 0.0408. The summed E-state index contributed by atoms with van der Waals surface area (Å²) in [7, 11) is 0. The lowest BCUT2D eigenvalue weighted by atomic mass is 9.87. The summed E-state index contributed by atoms with van der Waals surface area (Å²) in [6.07, 6.45) is 8.48. The predicted molar refractivity (Wildman–Crippen MR) is 226 cm³/mol. The first-order valence-corrected chi connectivity index (χ1v) is 19.4. The maximum absolute atomic E-state index is 6.67. The number of hydrogen-bond donors (Lipinski definition) is 0. The second-order valence-electron chi connectivity index (χ2n) is 14.3. The maximum Gasteiger partial charge on any atom is 0.166 e. The first-order valence-electron chi connectivity index (χ1n) is 18.6. The Morgan fingerprint density at radius 1 is 0.509 bits per heavy atom. The van der Waals surface area contributed by atoms with Crippen molar-refractivity contribution >= 4 is 64.1 Å². The minimum atomic E-state index is -0.111. The molecular formula is C49H30N4OS. The number of thiophene rings is 1. The molecule has 4 heterocycles. The van der Waals surface area contributed by atoms with Crippen molar-refractivity contribution in [2.75, 3.05) is 0 Å². The van der Waals surface area contributed by atoms with Gasteiger partial charge in [0.25, 0.3) is 0 Å². The largest absolute Gasteiger partial charge is 0.485 e. The lowest BCUT2D eigenvalue weighted by Gasteiger charge is -2.20. The van der Waals surface area contributed by atoms with Gasteiger partial charge in [0.15, 0.2) is 17.5 Å². The molecule has 0 radical (unpaired) electrons. The van der Waals surface area contributed by atoms with Gasteiger partial charge in [-0.05, 0) is 71.4 Å². The van der Waals surface area contributed by atoms with Crippen LogP contribution < -0.4 is 4.74 Å². The molecule has 10 aromatic rings. The van der Waals surface area contributed by atoms with Gasteiger partial charge in [0, 0.05) is 53.6 Å². The quantitative estimate of drug-likeness (QED) is 0.181. The minimum absolute atomic E-state index is 0.00205. The van der Waals surface area contributed by atoms with Crippen LogP contribution in [-0.4, -0.2) is 25.6 Å². The standard InChI is InChI=1S/C49H30N4OS/c1-2-12-29(13-3-1)47-50-48(32-22-25-44-37(27-32)34-17-8-11-21-43(34)55-44)52-49(51-47)46-39(23-24-42-45(46)35-18-7-10-20-41(35)54-42)53-38-19-9-6-16-33(38)36-26-30-14-4-5-15-31(30)28-40(36)53/h1-28,35,41H. The molecule has 6 heteroatoms. The van der Waals surface area contributed by atoms with Crippen LogP contribution in [-0.2, 0) is 0 Å². The second-order valence-corrected chi connectivity index (χ2v) is 15.4. The van der Waals surface area contributed by atoms with Crippen molar-refractivity contribution in [2.24, 2.45) is 0 Å². The molecule has 0 fully saturated rings. The molecule has 0 spiro atoms. The molecule has 0 amide bonds. The fourth-order valence-electron chi connectivity index (χ4n) is 8.66. The number of benzene rings is 7. The van der Waals surface area contributed by atoms with E-state index in [2.05, 4.69) is 156 Å². The summed E-state index contributed by atoms with van der Waals surface area (Å²) in [5.74, 6) is 2.72. The predicted octanol–water partition coefficient (Wildman–Crippen LogP) is 12.5. The summed E-state index contributed by atoms with van der Waals surface area (Å²) < 4.78 is 11.6. The highest BCUT2D eigenvalue weighted by Gasteiger charge is 2.37. The smallest absolute Gasteiger partial charge is 0.166 e. The average Bonchev–Trinajstić information content (AvgIpc) is 3.92. The third-order valence-corrected chi connectivity index (χ3v) is 12.3. The van der Waals surface area contributed by atoms with Gasteiger partial charge in [-0.1, -0.05) is 109 Å². The van der Waals surface area contributed by atoms with Crippen LogP contribution in [0, 0.1) is 0 Å². The Morgan fingerprint density at radius 3 is 2.11 bits per heavy atom. The number of rotatable bonds is 4. The molecule has 0 saturated heterocycles. The van der Waals surface area contributed by atoms with Gasteiger partial charge in [0.1, 0.15) is 11.9 Å². The van der Waals surface area contributed by atoms with E-state index in [0.717, 1.165) is 44.7 Å². The molecule has 2 aliphatic rings. The van der Waals surface area contributed by atoms with Gasteiger partial charge in [-0.2, -0.15) is 0 Å². The van der Waals surface area contributed by atoms with E-state index in [1.54, 1.807) is 0 Å². The zero-order valence-corrected chi connectivity index (χ0v) is 30.2. The SMILES string of the molecule is C1=CC2Oc3ccc(-n4c5ccccc5c5cc6ccccc6cc54)c(-c4nc(-c5ccccc5)nc(-c5ccc6sc7ccccc7c6c5)n4)c3C2C=C1. The summed E-state index contributed by atoms with van der Waals surface area (Å²) >= 11 is 1.81. The van der Waals surface area contributed by atoms with Gasteiger partial charge in [0.2, 0.25) is 0 Å². The molecule has 2 unspecified atom stereocenters. The van der Waals surface area contributed by atoms with Crippen molar-refractivity contribution in [3.8, 4) is 45.6 Å². The molecule has 0 saturated carbocycles. The van der Waals surface area contributed by atoms with Gasteiger partial charge in [-0.25, -0.2) is 15.0 Å². The van der Waals surface area contributed by atoms with Gasteiger partial charge < -0.3 is 9.30 Å². The van der Waals surface area contributed by atoms with Crippen LogP contribution in [0.2, 0.25) is 0 Å². The molecule has 1 aliphatic carbocycles. The highest BCUT2D eigenvalue weighted by Crippen LogP contribution is 2.50. The Kier molecular flexibility index (Phi) is 6.56. The van der Waals surface area contributed by atoms with Crippen molar-refractivity contribution in [3.63, 3.8) is 0 Å². The van der Waals surface area contributed by atoms with E-state index in [0.29, 0.717) is 17.5 Å². The number of para-hydroxylation sites is 1. The molecule has 1 aliphatic heterocycles. The lowest BCUT2D eigenvalue weighted by molar-refractivity contribution is 0.269. The number of hydrogen-bond acceptors (Lipinski definition) is 5. The maximum atomic E-state index is 6.67. The van der Waals surface area contributed by atoms with Gasteiger partial charge >= 0.3 is 0 Å². The van der Waals surface area contributed by atoms with Crippen LogP contribution in [0.4, 0.5) is 0 Å². The normalized spacial score (nSPS) is 16.0. The van der Waals surface area contributed by atoms with Crippen molar-refractivity contribution in [2.45, 2.75) is 12.0 Å². The Balaban J connectivity index is 1.18. The zero-order valence-electron chi connectivity index (χ0n) is 29.4. The summed E-state index contributed by atoms with van der Waals surface area (Å²) in [6, 6.07) is 51.7. The molecule has 5 nitrogen and oxygen atoms in total. The minimum Gasteiger partial charge on any atom is -0.485 e. The molecular weight excluding hydrogens is 693 g/mol. The zero-order chi connectivity index (χ0) is 36.0. The van der Waals surface area contributed by atoms with Crippen LogP contribution in [0.1, 0.15) is 11.5 Å². The first kappa shape index (κ1) is 30.6. The monoisotopic (exact) mass is 722 g/mol. The van der Waals surface area contributed by atoms with E-state index >= 15 is 0 Å². The van der Waals surface area contributed by atoms with Crippen LogP contribution in [0.3, 0.4) is 0 Å². The van der Waals surface area contributed by atoms with E-state index in [9.17, 15) is 0 Å². The number of nitrogens with zero attached hydrogens (tertiary/aromatic N) is 4. The van der Waals surface area contributed by atoms with E-state index in [4.69, 9.17) is 19.7 Å². The highest BCUT2D eigenvalue weighted by atomic mass is 32.1. The van der Waals surface area contributed by atoms with Gasteiger partial charge in [0.05, 0.1) is 22.3 Å². The third kappa shape index (κ3) is 4.68. The van der Waals surface area contributed by atoms with E-state index in [1.807, 2.05) is 29.5 Å².